The number of nitrogens with two attached hydrogens (primary N) is 1. The summed E-state index contributed by atoms with van der Waals surface area (Å²) in [5, 5.41) is 0.980. The number of hydrogen-bond acceptors (Lipinski definition) is 4. The second kappa shape index (κ2) is 10.1. The van der Waals surface area contributed by atoms with E-state index in [1.165, 1.54) is 16.9 Å². The smallest absolute Gasteiger partial charge is 0.265 e. The summed E-state index contributed by atoms with van der Waals surface area (Å²) in [6, 6.07) is 10.4. The first-order chi connectivity index (χ1) is 11.2. The third kappa shape index (κ3) is 5.17. The second-order valence-corrected chi connectivity index (χ2v) is 7.32. The number of benzene rings is 1. The van der Waals surface area contributed by atoms with E-state index in [0.717, 1.165) is 35.7 Å². The molecule has 1 saturated heterocycles. The van der Waals surface area contributed by atoms with Gasteiger partial charge in [-0.15, -0.1) is 36.2 Å². The van der Waals surface area contributed by atoms with Crippen molar-refractivity contribution >= 4 is 42.1 Å². The lowest BCUT2D eigenvalue weighted by atomic mass is 9.90. The highest BCUT2D eigenvalue weighted by molar-refractivity contribution is 7.13. The second-order valence-electron chi connectivity index (χ2n) is 6.20. The van der Waals surface area contributed by atoms with E-state index in [1.807, 2.05) is 23.1 Å². The molecule has 4 nitrogen and oxygen atoms in total. The summed E-state index contributed by atoms with van der Waals surface area (Å²) >= 11 is 1.50. The van der Waals surface area contributed by atoms with Crippen LogP contribution in [0.1, 0.15) is 40.0 Å². The van der Waals surface area contributed by atoms with Gasteiger partial charge in [-0.1, -0.05) is 37.3 Å². The number of likely N-dealkylation sites (tertiary alicyclic amines) is 1. The van der Waals surface area contributed by atoms with Crippen LogP contribution in [0.2, 0.25) is 0 Å². The number of hydrogen-bond donors (Lipinski definition) is 1. The normalized spacial score (nSPS) is 19.7. The number of piperidine rings is 1. The van der Waals surface area contributed by atoms with Crippen LogP contribution in [0.3, 0.4) is 0 Å². The van der Waals surface area contributed by atoms with Gasteiger partial charge >= 0.3 is 0 Å². The van der Waals surface area contributed by atoms with E-state index in [9.17, 15) is 4.79 Å². The van der Waals surface area contributed by atoms with Crippen LogP contribution in [0, 0.1) is 5.92 Å². The van der Waals surface area contributed by atoms with Gasteiger partial charge in [0.05, 0.1) is 11.2 Å². The highest BCUT2D eigenvalue weighted by Crippen LogP contribution is 2.26. The van der Waals surface area contributed by atoms with Crippen LogP contribution in [-0.4, -0.2) is 34.9 Å². The van der Waals surface area contributed by atoms with Crippen molar-refractivity contribution in [2.75, 3.05) is 13.1 Å². The number of nitrogens with zero attached hydrogens (tertiary/aromatic N) is 2. The van der Waals surface area contributed by atoms with Crippen molar-refractivity contribution in [1.29, 1.82) is 0 Å². The van der Waals surface area contributed by atoms with Crippen LogP contribution in [-0.2, 0) is 6.42 Å². The molecule has 2 N–H and O–H groups in total. The number of carbonyl (C=O) groups is 1. The average Bonchev–Trinajstić information content (AvgIpc) is 3.03. The molecule has 0 spiro atoms. The highest BCUT2D eigenvalue weighted by atomic mass is 35.5. The molecule has 1 aromatic carbocycles. The third-order valence-electron chi connectivity index (χ3n) is 4.58. The van der Waals surface area contributed by atoms with Crippen molar-refractivity contribution in [2.45, 2.75) is 32.2 Å². The maximum Gasteiger partial charge on any atom is 0.265 e. The van der Waals surface area contributed by atoms with Crippen molar-refractivity contribution in [3.8, 4) is 0 Å². The Morgan fingerprint density at radius 1 is 1.32 bits per heavy atom. The first-order valence-corrected chi connectivity index (χ1v) is 9.00. The minimum absolute atomic E-state index is 0. The molecule has 1 aliphatic rings. The van der Waals surface area contributed by atoms with Crippen LogP contribution < -0.4 is 5.73 Å². The summed E-state index contributed by atoms with van der Waals surface area (Å²) in [5.41, 5.74) is 7.12. The maximum atomic E-state index is 12.8. The van der Waals surface area contributed by atoms with Gasteiger partial charge in [0.15, 0.2) is 0 Å². The minimum Gasteiger partial charge on any atom is -0.333 e. The molecule has 1 amide bonds. The van der Waals surface area contributed by atoms with Gasteiger partial charge in [-0.2, -0.15) is 0 Å². The molecule has 0 radical (unpaired) electrons. The fourth-order valence-corrected chi connectivity index (χ4v) is 4.17. The van der Waals surface area contributed by atoms with Crippen LogP contribution in [0.25, 0.3) is 0 Å². The van der Waals surface area contributed by atoms with Crippen LogP contribution in [0.15, 0.2) is 36.5 Å². The molecule has 138 valence electrons. The summed E-state index contributed by atoms with van der Waals surface area (Å²) in [4.78, 5) is 19.9. The third-order valence-corrected chi connectivity index (χ3v) is 5.57. The first-order valence-electron chi connectivity index (χ1n) is 8.18. The van der Waals surface area contributed by atoms with Gasteiger partial charge in [0.25, 0.3) is 5.91 Å². The summed E-state index contributed by atoms with van der Waals surface area (Å²) in [6.07, 6.45) is 4.69. The lowest BCUT2D eigenvalue weighted by Gasteiger charge is -2.39. The van der Waals surface area contributed by atoms with Crippen LogP contribution in [0.5, 0.6) is 0 Å². The zero-order chi connectivity index (χ0) is 16.2. The van der Waals surface area contributed by atoms with Gasteiger partial charge in [0.2, 0.25) is 0 Å². The fraction of sp³-hybridized carbons (Fsp3) is 0.444. The number of carbonyl (C=O) groups excluding carboxylic acids is 1. The Kier molecular flexibility index (Phi) is 8.86. The molecule has 2 heterocycles. The molecule has 0 aliphatic carbocycles. The molecule has 0 bridgehead atoms. The minimum atomic E-state index is 0. The van der Waals surface area contributed by atoms with E-state index in [4.69, 9.17) is 5.73 Å². The van der Waals surface area contributed by atoms with Crippen molar-refractivity contribution in [3.05, 3.63) is 52.0 Å². The van der Waals surface area contributed by atoms with Gasteiger partial charge in [0, 0.05) is 25.6 Å². The molecular weight excluding hydrogens is 377 g/mol. The van der Waals surface area contributed by atoms with Gasteiger partial charge < -0.3 is 10.6 Å². The number of rotatable bonds is 4. The molecule has 25 heavy (non-hydrogen) atoms. The number of halogens is 2. The molecule has 2 unspecified atom stereocenters. The predicted molar refractivity (Wildman–Crippen MR) is 108 cm³/mol. The predicted octanol–water partition coefficient (Wildman–Crippen LogP) is 3.78. The van der Waals surface area contributed by atoms with E-state index in [1.54, 1.807) is 6.20 Å². The van der Waals surface area contributed by atoms with Crippen molar-refractivity contribution in [1.82, 2.24) is 9.88 Å². The van der Waals surface area contributed by atoms with Gasteiger partial charge in [-0.3, -0.25) is 4.79 Å². The lowest BCUT2D eigenvalue weighted by Crippen LogP contribution is -2.51. The fourth-order valence-electron chi connectivity index (χ4n) is 3.26. The first kappa shape index (κ1) is 21.9. The van der Waals surface area contributed by atoms with Crippen molar-refractivity contribution in [2.24, 2.45) is 11.7 Å². The number of thiazole rings is 1. The highest BCUT2D eigenvalue weighted by Gasteiger charge is 2.32. The Bertz CT molecular complexity index is 665. The molecule has 2 atom stereocenters. The van der Waals surface area contributed by atoms with E-state index in [0.29, 0.717) is 12.5 Å². The van der Waals surface area contributed by atoms with Crippen LogP contribution in [0.4, 0.5) is 0 Å². The molecule has 2 aromatic rings. The Labute approximate surface area is 165 Å². The molecule has 7 heteroatoms. The summed E-state index contributed by atoms with van der Waals surface area (Å²) in [6.45, 7) is 3.52. The van der Waals surface area contributed by atoms with E-state index >= 15 is 0 Å². The van der Waals surface area contributed by atoms with E-state index < -0.39 is 0 Å². The van der Waals surface area contributed by atoms with Gasteiger partial charge in [0.1, 0.15) is 4.88 Å². The molecule has 1 fully saturated rings. The molecule has 3 rings (SSSR count). The monoisotopic (exact) mass is 401 g/mol. The van der Waals surface area contributed by atoms with Crippen molar-refractivity contribution < 1.29 is 4.79 Å². The van der Waals surface area contributed by atoms with Gasteiger partial charge in [-0.25, -0.2) is 4.98 Å². The quantitative estimate of drug-likeness (QED) is 0.847. The molecule has 0 saturated carbocycles. The SMILES string of the molecule is CC1CCCN(C(=O)c2cnc(Cc3ccccc3)s2)C1CN.Cl.Cl. The zero-order valence-corrected chi connectivity index (χ0v) is 16.7. The Balaban J connectivity index is 0.00000156. The number of amides is 1. The van der Waals surface area contributed by atoms with E-state index in [-0.39, 0.29) is 36.8 Å². The maximum absolute atomic E-state index is 12.8. The van der Waals surface area contributed by atoms with Crippen LogP contribution >= 0.6 is 36.2 Å². The Morgan fingerprint density at radius 3 is 2.72 bits per heavy atom. The Hall–Kier alpha value is -1.14. The number of aromatic nitrogens is 1. The standard InChI is InChI=1S/C18H23N3OS.2ClH/c1-13-6-5-9-21(15(13)11-19)18(22)16-12-20-17(23-16)10-14-7-3-2-4-8-14;;/h2-4,7-8,12-13,15H,5-6,9-11,19H2,1H3;2*1H. The molecule has 1 aliphatic heterocycles. The molecule has 1 aromatic heterocycles. The van der Waals surface area contributed by atoms with E-state index in [2.05, 4.69) is 24.0 Å². The van der Waals surface area contributed by atoms with Crippen molar-refractivity contribution in [3.63, 3.8) is 0 Å². The largest absolute Gasteiger partial charge is 0.333 e. The summed E-state index contributed by atoms with van der Waals surface area (Å²) in [7, 11) is 0. The molecular formula is C18H25Cl2N3OS. The summed E-state index contributed by atoms with van der Waals surface area (Å²) in [5.74, 6) is 0.554. The van der Waals surface area contributed by atoms with Gasteiger partial charge in [-0.05, 0) is 24.3 Å². The Morgan fingerprint density at radius 2 is 2.04 bits per heavy atom. The lowest BCUT2D eigenvalue weighted by molar-refractivity contribution is 0.0537. The topological polar surface area (TPSA) is 59.2 Å². The average molecular weight is 402 g/mol. The zero-order valence-electron chi connectivity index (χ0n) is 14.3. The summed E-state index contributed by atoms with van der Waals surface area (Å²) < 4.78 is 0.